The molecule has 2 N–H and O–H groups in total. The molecule has 2 aliphatic rings. The van der Waals surface area contributed by atoms with Crippen LogP contribution in [0.15, 0.2) is 18.3 Å². The fourth-order valence-corrected chi connectivity index (χ4v) is 5.22. The van der Waals surface area contributed by atoms with Crippen molar-refractivity contribution < 1.29 is 17.9 Å². The molecule has 0 atom stereocenters. The van der Waals surface area contributed by atoms with Crippen LogP contribution in [0.1, 0.15) is 16.8 Å². The second-order valence-corrected chi connectivity index (χ2v) is 9.83. The molecule has 5 heterocycles. The highest BCUT2D eigenvalue weighted by molar-refractivity contribution is 7.96. The zero-order valence-corrected chi connectivity index (χ0v) is 21.1. The van der Waals surface area contributed by atoms with E-state index in [2.05, 4.69) is 36.6 Å². The molecule has 0 aromatic carbocycles. The van der Waals surface area contributed by atoms with Gasteiger partial charge in [0.1, 0.15) is 11.3 Å². The number of nitrogen functional groups attached to an aromatic ring is 1. The van der Waals surface area contributed by atoms with Crippen molar-refractivity contribution in [3.05, 3.63) is 35.2 Å². The second-order valence-electron chi connectivity index (χ2n) is 8.95. The summed E-state index contributed by atoms with van der Waals surface area (Å²) in [5, 5.41) is 4.58. The minimum atomic E-state index is -4.63. The minimum Gasteiger partial charge on any atom is -0.384 e. The Bertz CT molecular complexity index is 1240. The summed E-state index contributed by atoms with van der Waals surface area (Å²) in [6, 6.07) is 2.90. The van der Waals surface area contributed by atoms with Crippen LogP contribution in [0.5, 0.6) is 0 Å². The van der Waals surface area contributed by atoms with Crippen molar-refractivity contribution in [1.29, 1.82) is 0 Å². The fourth-order valence-electron chi connectivity index (χ4n) is 4.69. The van der Waals surface area contributed by atoms with Gasteiger partial charge in [0.15, 0.2) is 11.6 Å². The van der Waals surface area contributed by atoms with Crippen molar-refractivity contribution in [3.63, 3.8) is 0 Å². The molecule has 3 aromatic rings. The monoisotopic (exact) mass is 522 g/mol. The summed E-state index contributed by atoms with van der Waals surface area (Å²) in [5.41, 5.74) is 7.22. The molecule has 0 aliphatic carbocycles. The lowest BCUT2D eigenvalue weighted by atomic mass is 10.1. The van der Waals surface area contributed by atoms with Crippen molar-refractivity contribution >= 4 is 29.1 Å². The van der Waals surface area contributed by atoms with Gasteiger partial charge in [-0.1, -0.05) is 11.9 Å². The molecule has 2 fully saturated rings. The molecule has 13 heteroatoms. The van der Waals surface area contributed by atoms with Crippen molar-refractivity contribution in [2.75, 3.05) is 69.4 Å². The SMILES string of the molecule is CSN1CCN(Cc2cc3c(N4CCOCC4)nc(-c4cnc(N)cc4C(F)(F)F)nn3c2C)CC1. The third-order valence-corrected chi connectivity index (χ3v) is 7.60. The molecule has 0 saturated carbocycles. The molecular weight excluding hydrogens is 493 g/mol. The van der Waals surface area contributed by atoms with Crippen LogP contribution in [-0.4, -0.2) is 87.5 Å². The third kappa shape index (κ3) is 4.97. The van der Waals surface area contributed by atoms with E-state index in [-0.39, 0.29) is 17.2 Å². The van der Waals surface area contributed by atoms with E-state index in [0.29, 0.717) is 32.1 Å². The van der Waals surface area contributed by atoms with Gasteiger partial charge < -0.3 is 15.4 Å². The van der Waals surface area contributed by atoms with Crippen molar-refractivity contribution in [2.45, 2.75) is 19.6 Å². The number of hydrogen-bond donors (Lipinski definition) is 1. The zero-order valence-electron chi connectivity index (χ0n) is 20.3. The second kappa shape index (κ2) is 10.0. The molecule has 0 bridgehead atoms. The fraction of sp³-hybridized carbons (Fsp3) is 0.522. The first-order valence-electron chi connectivity index (χ1n) is 11.8. The Hall–Kier alpha value is -2.61. The molecule has 0 spiro atoms. The first-order valence-corrected chi connectivity index (χ1v) is 13.0. The van der Waals surface area contributed by atoms with E-state index in [1.54, 1.807) is 16.5 Å². The average Bonchev–Trinajstić information content (AvgIpc) is 3.19. The predicted molar refractivity (Wildman–Crippen MR) is 134 cm³/mol. The normalized spacial score (nSPS) is 18.3. The van der Waals surface area contributed by atoms with Crippen LogP contribution < -0.4 is 10.6 Å². The van der Waals surface area contributed by atoms with Gasteiger partial charge in [0.2, 0.25) is 0 Å². The van der Waals surface area contributed by atoms with Crippen molar-refractivity contribution in [3.8, 4) is 11.4 Å². The van der Waals surface area contributed by atoms with Gasteiger partial charge in [-0.05, 0) is 30.9 Å². The lowest BCUT2D eigenvalue weighted by Gasteiger charge is -2.33. The number of halogens is 3. The summed E-state index contributed by atoms with van der Waals surface area (Å²) in [4.78, 5) is 13.0. The van der Waals surface area contributed by atoms with Gasteiger partial charge in [0.25, 0.3) is 0 Å². The van der Waals surface area contributed by atoms with E-state index >= 15 is 0 Å². The lowest BCUT2D eigenvalue weighted by Crippen LogP contribution is -2.42. The Morgan fingerprint density at radius 3 is 2.47 bits per heavy atom. The molecule has 2 aliphatic heterocycles. The van der Waals surface area contributed by atoms with Crippen molar-refractivity contribution in [2.24, 2.45) is 0 Å². The largest absolute Gasteiger partial charge is 0.417 e. The number of pyridine rings is 1. The van der Waals surface area contributed by atoms with Crippen LogP contribution in [0.4, 0.5) is 24.8 Å². The molecule has 0 radical (unpaired) electrons. The van der Waals surface area contributed by atoms with E-state index in [0.717, 1.165) is 61.8 Å². The number of aryl methyl sites for hydroxylation is 1. The van der Waals surface area contributed by atoms with Crippen LogP contribution in [0.25, 0.3) is 16.9 Å². The summed E-state index contributed by atoms with van der Waals surface area (Å²) in [5.74, 6) is 0.346. The Balaban J connectivity index is 1.60. The number of alkyl halides is 3. The minimum absolute atomic E-state index is 0.0392. The maximum absolute atomic E-state index is 13.9. The van der Waals surface area contributed by atoms with E-state index in [1.807, 2.05) is 11.8 Å². The molecule has 3 aromatic heterocycles. The van der Waals surface area contributed by atoms with Crippen LogP contribution in [0, 0.1) is 6.92 Å². The number of aromatic nitrogens is 4. The molecule has 0 unspecified atom stereocenters. The number of anilines is 2. The van der Waals surface area contributed by atoms with Crippen LogP contribution >= 0.6 is 11.9 Å². The van der Waals surface area contributed by atoms with E-state index in [1.165, 1.54) is 0 Å². The molecule has 5 rings (SSSR count). The Kier molecular flexibility index (Phi) is 6.99. The quantitative estimate of drug-likeness (QED) is 0.508. The van der Waals surface area contributed by atoms with Crippen molar-refractivity contribution in [1.82, 2.24) is 28.8 Å². The van der Waals surface area contributed by atoms with Gasteiger partial charge >= 0.3 is 6.18 Å². The molecule has 36 heavy (non-hydrogen) atoms. The van der Waals surface area contributed by atoms with Gasteiger partial charge in [-0.15, -0.1) is 5.10 Å². The standard InChI is InChI=1S/C23H29F3N8OS/c1-15-16(14-31-3-5-33(36-2)6-4-31)11-19-22(32-7-9-35-10-8-32)29-21(30-34(15)19)17-13-28-20(27)12-18(17)23(24,25)26/h11-13H,3-10,14H2,1-2H3,(H2,27,28). The maximum Gasteiger partial charge on any atom is 0.417 e. The van der Waals surface area contributed by atoms with Gasteiger partial charge in [0.05, 0.1) is 24.3 Å². The summed E-state index contributed by atoms with van der Waals surface area (Å²) < 4.78 is 51.2. The van der Waals surface area contributed by atoms with Crippen LogP contribution in [-0.2, 0) is 17.5 Å². The summed E-state index contributed by atoms with van der Waals surface area (Å²) in [6.45, 7) is 8.80. The van der Waals surface area contributed by atoms with Crippen LogP contribution in [0.3, 0.4) is 0 Å². The number of nitrogens with two attached hydrogens (primary N) is 1. The molecular formula is C23H29F3N8OS. The molecule has 0 amide bonds. The topological polar surface area (TPSA) is 88.0 Å². The number of piperazine rings is 1. The highest BCUT2D eigenvalue weighted by atomic mass is 32.2. The van der Waals surface area contributed by atoms with Gasteiger partial charge in [-0.3, -0.25) is 4.90 Å². The molecule has 194 valence electrons. The number of hydrogen-bond acceptors (Lipinski definition) is 9. The number of fused-ring (bicyclic) bond motifs is 1. The third-order valence-electron chi connectivity index (χ3n) is 6.72. The first kappa shape index (κ1) is 25.1. The molecule has 2 saturated heterocycles. The Morgan fingerprint density at radius 1 is 1.08 bits per heavy atom. The van der Waals surface area contributed by atoms with E-state index < -0.39 is 11.7 Å². The van der Waals surface area contributed by atoms with Gasteiger partial charge in [-0.25, -0.2) is 18.8 Å². The van der Waals surface area contributed by atoms with Crippen LogP contribution in [0.2, 0.25) is 0 Å². The first-order chi connectivity index (χ1) is 17.2. The lowest BCUT2D eigenvalue weighted by molar-refractivity contribution is -0.137. The van der Waals surface area contributed by atoms with E-state index in [9.17, 15) is 13.2 Å². The number of nitrogens with zero attached hydrogens (tertiary/aromatic N) is 7. The Labute approximate surface area is 211 Å². The summed E-state index contributed by atoms with van der Waals surface area (Å²) in [6.07, 6.45) is -1.43. The zero-order chi connectivity index (χ0) is 25.4. The smallest absolute Gasteiger partial charge is 0.384 e. The average molecular weight is 523 g/mol. The number of rotatable bonds is 5. The number of morpholine rings is 1. The summed E-state index contributed by atoms with van der Waals surface area (Å²) >= 11 is 1.76. The van der Waals surface area contributed by atoms with Gasteiger partial charge in [-0.2, -0.15) is 13.2 Å². The highest BCUT2D eigenvalue weighted by Crippen LogP contribution is 2.37. The van der Waals surface area contributed by atoms with E-state index in [4.69, 9.17) is 10.5 Å². The van der Waals surface area contributed by atoms with Gasteiger partial charge in [0, 0.05) is 57.7 Å². The molecule has 9 nitrogen and oxygen atoms in total. The maximum atomic E-state index is 13.9. The predicted octanol–water partition coefficient (Wildman–Crippen LogP) is 2.93. The Morgan fingerprint density at radius 2 is 1.81 bits per heavy atom. The highest BCUT2D eigenvalue weighted by Gasteiger charge is 2.36. The summed E-state index contributed by atoms with van der Waals surface area (Å²) in [7, 11) is 0. The number of ether oxygens (including phenoxy) is 1.